The molecule has 1 unspecified atom stereocenters. The summed E-state index contributed by atoms with van der Waals surface area (Å²) < 4.78 is 7.15. The van der Waals surface area contributed by atoms with Crippen molar-refractivity contribution in [2.75, 3.05) is 12.9 Å². The van der Waals surface area contributed by atoms with Crippen molar-refractivity contribution in [3.05, 3.63) is 33.1 Å². The number of thiophene rings is 1. The number of methoxy groups -OCH3 is 1. The Morgan fingerprint density at radius 3 is 3.13 bits per heavy atom. The zero-order valence-electron chi connectivity index (χ0n) is 13.6. The van der Waals surface area contributed by atoms with Crippen molar-refractivity contribution in [1.82, 2.24) is 15.1 Å². The van der Waals surface area contributed by atoms with Gasteiger partial charge < -0.3 is 10.1 Å². The van der Waals surface area contributed by atoms with Crippen LogP contribution in [0.1, 0.15) is 33.9 Å². The van der Waals surface area contributed by atoms with Crippen LogP contribution in [-0.2, 0) is 31.2 Å². The molecule has 1 atom stereocenters. The number of aromatic nitrogens is 2. The van der Waals surface area contributed by atoms with Gasteiger partial charge in [0.1, 0.15) is 5.25 Å². The van der Waals surface area contributed by atoms with Crippen LogP contribution in [0.5, 0.6) is 5.88 Å². The third kappa shape index (κ3) is 3.12. The minimum absolute atomic E-state index is 0.0716. The number of hydrogen-bond acceptors (Lipinski definition) is 5. The smallest absolute Gasteiger partial charge is 0.237 e. The van der Waals surface area contributed by atoms with Gasteiger partial charge in [-0.15, -0.1) is 23.1 Å². The monoisotopic (exact) mass is 351 g/mol. The molecule has 1 aliphatic heterocycles. The number of nitrogens with zero attached hydrogens (tertiary/aromatic N) is 2. The van der Waals surface area contributed by atoms with Gasteiger partial charge in [-0.2, -0.15) is 5.10 Å². The molecule has 3 rings (SSSR count). The van der Waals surface area contributed by atoms with E-state index < -0.39 is 0 Å². The van der Waals surface area contributed by atoms with Crippen LogP contribution < -0.4 is 10.1 Å². The summed E-state index contributed by atoms with van der Waals surface area (Å²) in [7, 11) is 3.49. The molecule has 0 aliphatic carbocycles. The van der Waals surface area contributed by atoms with Gasteiger partial charge in [0.25, 0.3) is 0 Å². The molecule has 1 aliphatic rings. The van der Waals surface area contributed by atoms with Crippen LogP contribution in [0.25, 0.3) is 0 Å². The van der Waals surface area contributed by atoms with Crippen LogP contribution in [0.4, 0.5) is 0 Å². The van der Waals surface area contributed by atoms with E-state index in [-0.39, 0.29) is 11.2 Å². The largest absolute Gasteiger partial charge is 0.481 e. The Kier molecular flexibility index (Phi) is 4.96. The lowest BCUT2D eigenvalue weighted by Gasteiger charge is -2.21. The lowest BCUT2D eigenvalue weighted by molar-refractivity contribution is -0.120. The molecule has 2 aromatic rings. The summed E-state index contributed by atoms with van der Waals surface area (Å²) in [6.45, 7) is 2.51. The summed E-state index contributed by atoms with van der Waals surface area (Å²) in [6, 6.07) is 2.08. The van der Waals surface area contributed by atoms with Gasteiger partial charge in [0.2, 0.25) is 11.8 Å². The Labute approximate surface area is 144 Å². The molecule has 0 fully saturated rings. The van der Waals surface area contributed by atoms with Crippen molar-refractivity contribution in [3.8, 4) is 5.88 Å². The van der Waals surface area contributed by atoms with Gasteiger partial charge in [-0.1, -0.05) is 6.92 Å². The van der Waals surface area contributed by atoms with Crippen LogP contribution in [0.2, 0.25) is 0 Å². The first-order valence-corrected chi connectivity index (χ1v) is 9.62. The van der Waals surface area contributed by atoms with E-state index >= 15 is 0 Å². The molecule has 1 N–H and O–H groups in total. The second kappa shape index (κ2) is 6.97. The van der Waals surface area contributed by atoms with E-state index in [4.69, 9.17) is 4.74 Å². The summed E-state index contributed by atoms with van der Waals surface area (Å²) in [5.74, 6) is 1.79. The van der Waals surface area contributed by atoms with Gasteiger partial charge in [0, 0.05) is 11.9 Å². The Bertz CT molecular complexity index is 708. The van der Waals surface area contributed by atoms with E-state index in [2.05, 4.69) is 28.8 Å². The Morgan fingerprint density at radius 1 is 1.57 bits per heavy atom. The number of aryl methyl sites for hydroxylation is 3. The second-order valence-electron chi connectivity index (χ2n) is 5.43. The molecule has 0 spiro atoms. The average Bonchev–Trinajstić information content (AvgIpc) is 3.15. The summed E-state index contributed by atoms with van der Waals surface area (Å²) in [6.07, 6.45) is 1.88. The number of nitrogens with one attached hydrogen (secondary N) is 1. The predicted octanol–water partition coefficient (Wildman–Crippen LogP) is 2.70. The highest BCUT2D eigenvalue weighted by Gasteiger charge is 2.28. The topological polar surface area (TPSA) is 56.1 Å². The Balaban J connectivity index is 1.74. The molecule has 0 saturated carbocycles. The molecule has 23 heavy (non-hydrogen) atoms. The van der Waals surface area contributed by atoms with Crippen LogP contribution in [0.15, 0.2) is 11.4 Å². The van der Waals surface area contributed by atoms with Gasteiger partial charge in [-0.25, -0.2) is 4.68 Å². The maximum absolute atomic E-state index is 12.6. The summed E-state index contributed by atoms with van der Waals surface area (Å²) >= 11 is 3.47. The fraction of sp³-hybridized carbons (Fsp3) is 0.500. The maximum atomic E-state index is 12.6. The summed E-state index contributed by atoms with van der Waals surface area (Å²) in [5, 5.41) is 9.51. The Hall–Kier alpha value is -1.47. The zero-order valence-corrected chi connectivity index (χ0v) is 15.2. The molecule has 0 radical (unpaired) electrons. The summed E-state index contributed by atoms with van der Waals surface area (Å²) in [4.78, 5) is 14.0. The van der Waals surface area contributed by atoms with E-state index in [1.165, 1.54) is 10.4 Å². The zero-order chi connectivity index (χ0) is 16.4. The number of ether oxygens (including phenoxy) is 1. The number of thioether (sulfide) groups is 1. The number of hydrogen-bond donors (Lipinski definition) is 1. The van der Waals surface area contributed by atoms with Crippen LogP contribution in [0.3, 0.4) is 0 Å². The van der Waals surface area contributed by atoms with Gasteiger partial charge in [-0.3, -0.25) is 4.79 Å². The van der Waals surface area contributed by atoms with Gasteiger partial charge >= 0.3 is 0 Å². The molecular formula is C16H21N3O2S2. The van der Waals surface area contributed by atoms with Gasteiger partial charge in [-0.05, 0) is 35.6 Å². The minimum Gasteiger partial charge on any atom is -0.481 e. The molecule has 0 saturated heterocycles. The van der Waals surface area contributed by atoms with Crippen LogP contribution >= 0.6 is 23.1 Å². The molecule has 2 aromatic heterocycles. The van der Waals surface area contributed by atoms with Crippen molar-refractivity contribution in [3.63, 3.8) is 0 Å². The summed E-state index contributed by atoms with van der Waals surface area (Å²) in [5.41, 5.74) is 3.12. The highest BCUT2D eigenvalue weighted by Crippen LogP contribution is 2.39. The highest BCUT2D eigenvalue weighted by molar-refractivity contribution is 8.00. The second-order valence-corrected chi connectivity index (χ2v) is 7.64. The average molecular weight is 351 g/mol. The molecule has 7 heteroatoms. The molecule has 0 aromatic carbocycles. The van der Waals surface area contributed by atoms with Crippen molar-refractivity contribution < 1.29 is 9.53 Å². The fourth-order valence-electron chi connectivity index (χ4n) is 2.95. The number of carbonyl (C=O) groups excluding carboxylic acids is 1. The molecule has 1 amide bonds. The first kappa shape index (κ1) is 16.4. The molecule has 0 bridgehead atoms. The van der Waals surface area contributed by atoms with E-state index in [0.29, 0.717) is 6.54 Å². The van der Waals surface area contributed by atoms with Crippen LogP contribution in [-0.4, -0.2) is 28.6 Å². The predicted molar refractivity (Wildman–Crippen MR) is 94.2 cm³/mol. The molecule has 5 nitrogen and oxygen atoms in total. The van der Waals surface area contributed by atoms with Crippen LogP contribution in [0, 0.1) is 0 Å². The maximum Gasteiger partial charge on any atom is 0.237 e. The molecular weight excluding hydrogens is 330 g/mol. The fourth-order valence-corrected chi connectivity index (χ4v) is 5.27. The highest BCUT2D eigenvalue weighted by atomic mass is 32.2. The van der Waals surface area contributed by atoms with Crippen molar-refractivity contribution in [1.29, 1.82) is 0 Å². The Morgan fingerprint density at radius 2 is 2.39 bits per heavy atom. The lowest BCUT2D eigenvalue weighted by Crippen LogP contribution is -2.29. The van der Waals surface area contributed by atoms with E-state index in [1.807, 2.05) is 7.05 Å². The quantitative estimate of drug-likeness (QED) is 0.900. The van der Waals surface area contributed by atoms with Crippen molar-refractivity contribution in [2.45, 2.75) is 31.6 Å². The van der Waals surface area contributed by atoms with Crippen molar-refractivity contribution in [2.24, 2.45) is 7.05 Å². The van der Waals surface area contributed by atoms with E-state index in [1.54, 1.807) is 34.9 Å². The number of rotatable bonds is 5. The third-order valence-corrected chi connectivity index (χ3v) is 6.29. The number of carbonyl (C=O) groups is 1. The third-order valence-electron chi connectivity index (χ3n) is 4.05. The van der Waals surface area contributed by atoms with Gasteiger partial charge in [0.05, 0.1) is 24.9 Å². The molecule has 3 heterocycles. The normalized spacial score (nSPS) is 16.9. The van der Waals surface area contributed by atoms with Gasteiger partial charge in [0.15, 0.2) is 0 Å². The SMILES string of the molecule is CCc1nn(C)c(OC)c1CNC(=O)C1SCCc2sccc21. The number of amides is 1. The van der Waals surface area contributed by atoms with E-state index in [0.717, 1.165) is 35.7 Å². The first-order chi connectivity index (χ1) is 11.2. The number of fused-ring (bicyclic) bond motifs is 1. The van der Waals surface area contributed by atoms with E-state index in [9.17, 15) is 4.79 Å². The molecule has 124 valence electrons. The standard InChI is InChI=1S/C16H21N3O2S2/c1-4-12-11(16(21-3)19(2)18-12)9-17-15(20)14-10-5-7-22-13(10)6-8-23-14/h5,7,14H,4,6,8-9H2,1-3H3,(H,17,20). The first-order valence-electron chi connectivity index (χ1n) is 7.70. The minimum atomic E-state index is -0.0993. The lowest BCUT2D eigenvalue weighted by atomic mass is 10.1. The van der Waals surface area contributed by atoms with Crippen molar-refractivity contribution >= 4 is 29.0 Å².